The fourth-order valence-corrected chi connectivity index (χ4v) is 1.74. The van der Waals surface area contributed by atoms with Crippen LogP contribution in [-0.2, 0) is 7.05 Å². The van der Waals surface area contributed by atoms with Crippen LogP contribution < -0.4 is 0 Å². The number of aromatic nitrogens is 1. The number of benzene rings is 1. The minimum absolute atomic E-state index is 0.246. The molecule has 74 valence electrons. The smallest absolute Gasteiger partial charge is 0.117 e. The van der Waals surface area contributed by atoms with Crippen LogP contribution in [0.5, 0.6) is 5.75 Å². The van der Waals surface area contributed by atoms with E-state index in [-0.39, 0.29) is 5.75 Å². The minimum Gasteiger partial charge on any atom is -0.508 e. The van der Waals surface area contributed by atoms with E-state index < -0.39 is 6.10 Å². The van der Waals surface area contributed by atoms with Gasteiger partial charge in [0.25, 0.3) is 0 Å². The molecule has 0 saturated carbocycles. The van der Waals surface area contributed by atoms with Gasteiger partial charge >= 0.3 is 0 Å². The third-order valence-electron chi connectivity index (χ3n) is 2.49. The molecule has 2 N–H and O–H groups in total. The number of aliphatic hydroxyl groups is 1. The summed E-state index contributed by atoms with van der Waals surface area (Å²) in [7, 11) is 1.88. The summed E-state index contributed by atoms with van der Waals surface area (Å²) >= 11 is 0. The quantitative estimate of drug-likeness (QED) is 0.723. The SMILES string of the molecule is CC(O)c1cc2ccc(O)cc2n1C. The molecule has 0 amide bonds. The first-order chi connectivity index (χ1) is 6.59. The van der Waals surface area contributed by atoms with Crippen molar-refractivity contribution in [2.45, 2.75) is 13.0 Å². The Bertz CT molecular complexity index is 471. The van der Waals surface area contributed by atoms with Crippen LogP contribution in [0, 0.1) is 0 Å². The molecule has 0 bridgehead atoms. The van der Waals surface area contributed by atoms with Crippen LogP contribution in [-0.4, -0.2) is 14.8 Å². The molecule has 2 rings (SSSR count). The number of phenols is 1. The number of aromatic hydroxyl groups is 1. The molecular weight excluding hydrogens is 178 g/mol. The Kier molecular flexibility index (Phi) is 1.97. The lowest BCUT2D eigenvalue weighted by Crippen LogP contribution is -1.99. The molecule has 1 aromatic carbocycles. The molecule has 0 aliphatic rings. The second-order valence-electron chi connectivity index (χ2n) is 3.55. The summed E-state index contributed by atoms with van der Waals surface area (Å²) in [5, 5.41) is 19.8. The minimum atomic E-state index is -0.491. The van der Waals surface area contributed by atoms with E-state index in [2.05, 4.69) is 0 Å². The summed E-state index contributed by atoms with van der Waals surface area (Å²) in [6.45, 7) is 1.73. The molecule has 1 heterocycles. The highest BCUT2D eigenvalue weighted by atomic mass is 16.3. The molecule has 0 aliphatic carbocycles. The number of fused-ring (bicyclic) bond motifs is 1. The van der Waals surface area contributed by atoms with Crippen molar-refractivity contribution in [2.24, 2.45) is 7.05 Å². The highest BCUT2D eigenvalue weighted by Crippen LogP contribution is 2.25. The molecule has 1 aromatic heterocycles. The highest BCUT2D eigenvalue weighted by molar-refractivity contribution is 5.82. The van der Waals surface area contributed by atoms with E-state index in [1.807, 2.05) is 23.7 Å². The van der Waals surface area contributed by atoms with E-state index in [1.165, 1.54) is 0 Å². The van der Waals surface area contributed by atoms with Crippen molar-refractivity contribution in [3.63, 3.8) is 0 Å². The predicted octanol–water partition coefficient (Wildman–Crippen LogP) is 1.94. The van der Waals surface area contributed by atoms with Crippen molar-refractivity contribution in [1.82, 2.24) is 4.57 Å². The van der Waals surface area contributed by atoms with E-state index in [4.69, 9.17) is 0 Å². The van der Waals surface area contributed by atoms with Gasteiger partial charge in [-0.1, -0.05) is 0 Å². The Morgan fingerprint density at radius 3 is 2.64 bits per heavy atom. The predicted molar refractivity (Wildman–Crippen MR) is 55.2 cm³/mol. The molecule has 3 nitrogen and oxygen atoms in total. The van der Waals surface area contributed by atoms with Gasteiger partial charge < -0.3 is 14.8 Å². The first-order valence-electron chi connectivity index (χ1n) is 4.56. The Morgan fingerprint density at radius 1 is 1.29 bits per heavy atom. The van der Waals surface area contributed by atoms with Gasteiger partial charge in [-0.3, -0.25) is 0 Å². The third kappa shape index (κ3) is 1.26. The van der Waals surface area contributed by atoms with Gasteiger partial charge in [-0.25, -0.2) is 0 Å². The maximum atomic E-state index is 9.49. The fourth-order valence-electron chi connectivity index (χ4n) is 1.74. The summed E-state index contributed by atoms with van der Waals surface area (Å²) < 4.78 is 1.89. The normalized spacial score (nSPS) is 13.4. The molecule has 3 heteroatoms. The Hall–Kier alpha value is -1.48. The van der Waals surface area contributed by atoms with Gasteiger partial charge in [0.15, 0.2) is 0 Å². The number of nitrogens with zero attached hydrogens (tertiary/aromatic N) is 1. The van der Waals surface area contributed by atoms with Gasteiger partial charge in [-0.2, -0.15) is 0 Å². The van der Waals surface area contributed by atoms with E-state index in [0.29, 0.717) is 0 Å². The van der Waals surface area contributed by atoms with Crippen molar-refractivity contribution in [3.8, 4) is 5.75 Å². The zero-order chi connectivity index (χ0) is 10.3. The van der Waals surface area contributed by atoms with Crippen LogP contribution in [0.4, 0.5) is 0 Å². The Balaban J connectivity index is 2.74. The zero-order valence-corrected chi connectivity index (χ0v) is 8.23. The summed E-state index contributed by atoms with van der Waals surface area (Å²) in [6, 6.07) is 7.12. The number of aryl methyl sites for hydroxylation is 1. The second-order valence-corrected chi connectivity index (χ2v) is 3.55. The topological polar surface area (TPSA) is 45.4 Å². The molecule has 0 aliphatic heterocycles. The number of hydrogen-bond donors (Lipinski definition) is 2. The van der Waals surface area contributed by atoms with Crippen molar-refractivity contribution >= 4 is 10.9 Å². The molecule has 2 aromatic rings. The third-order valence-corrected chi connectivity index (χ3v) is 2.49. The molecule has 0 fully saturated rings. The van der Waals surface area contributed by atoms with Crippen molar-refractivity contribution in [1.29, 1.82) is 0 Å². The first-order valence-corrected chi connectivity index (χ1v) is 4.56. The number of hydrogen-bond acceptors (Lipinski definition) is 2. The van der Waals surface area contributed by atoms with Gasteiger partial charge in [0.05, 0.1) is 11.6 Å². The molecule has 0 radical (unpaired) electrons. The van der Waals surface area contributed by atoms with Crippen LogP contribution >= 0.6 is 0 Å². The van der Waals surface area contributed by atoms with Crippen LogP contribution in [0.1, 0.15) is 18.7 Å². The van der Waals surface area contributed by atoms with Gasteiger partial charge in [0.1, 0.15) is 5.75 Å². The van der Waals surface area contributed by atoms with Gasteiger partial charge in [0, 0.05) is 24.2 Å². The van der Waals surface area contributed by atoms with Crippen molar-refractivity contribution < 1.29 is 10.2 Å². The van der Waals surface area contributed by atoms with Crippen molar-refractivity contribution in [3.05, 3.63) is 30.0 Å². The number of aliphatic hydroxyl groups excluding tert-OH is 1. The molecular formula is C11H13NO2. The van der Waals surface area contributed by atoms with Crippen molar-refractivity contribution in [2.75, 3.05) is 0 Å². The molecule has 1 unspecified atom stereocenters. The zero-order valence-electron chi connectivity index (χ0n) is 8.23. The summed E-state index contributed by atoms with van der Waals surface area (Å²) in [5.41, 5.74) is 1.78. The number of rotatable bonds is 1. The van der Waals surface area contributed by atoms with E-state index in [0.717, 1.165) is 16.6 Å². The molecule has 0 saturated heterocycles. The second kappa shape index (κ2) is 3.03. The van der Waals surface area contributed by atoms with E-state index in [1.54, 1.807) is 19.1 Å². The fraction of sp³-hybridized carbons (Fsp3) is 0.273. The standard InChI is InChI=1S/C11H13NO2/c1-7(13)10-5-8-3-4-9(14)6-11(8)12(10)2/h3-7,13-14H,1-2H3. The molecule has 1 atom stereocenters. The lowest BCUT2D eigenvalue weighted by atomic mass is 10.2. The van der Waals surface area contributed by atoms with Gasteiger partial charge in [-0.15, -0.1) is 0 Å². The van der Waals surface area contributed by atoms with Gasteiger partial charge in [0.2, 0.25) is 0 Å². The maximum Gasteiger partial charge on any atom is 0.117 e. The van der Waals surface area contributed by atoms with Crippen LogP contribution in [0.3, 0.4) is 0 Å². The molecule has 0 spiro atoms. The van der Waals surface area contributed by atoms with Crippen LogP contribution in [0.15, 0.2) is 24.3 Å². The largest absolute Gasteiger partial charge is 0.508 e. The summed E-state index contributed by atoms with van der Waals surface area (Å²) in [5.74, 6) is 0.246. The summed E-state index contributed by atoms with van der Waals surface area (Å²) in [4.78, 5) is 0. The molecule has 14 heavy (non-hydrogen) atoms. The number of phenolic OH excluding ortho intramolecular Hbond substituents is 1. The lowest BCUT2D eigenvalue weighted by Gasteiger charge is -2.05. The van der Waals surface area contributed by atoms with E-state index in [9.17, 15) is 10.2 Å². The van der Waals surface area contributed by atoms with E-state index >= 15 is 0 Å². The average Bonchev–Trinajstić information content (AvgIpc) is 2.44. The van der Waals surface area contributed by atoms with Crippen LogP contribution in [0.25, 0.3) is 10.9 Å². The monoisotopic (exact) mass is 191 g/mol. The lowest BCUT2D eigenvalue weighted by molar-refractivity contribution is 0.191. The highest BCUT2D eigenvalue weighted by Gasteiger charge is 2.09. The van der Waals surface area contributed by atoms with Crippen LogP contribution in [0.2, 0.25) is 0 Å². The maximum absolute atomic E-state index is 9.49. The Morgan fingerprint density at radius 2 is 2.00 bits per heavy atom. The summed E-state index contributed by atoms with van der Waals surface area (Å²) in [6.07, 6.45) is -0.491. The Labute approximate surface area is 82.2 Å². The van der Waals surface area contributed by atoms with Gasteiger partial charge in [-0.05, 0) is 25.1 Å². The average molecular weight is 191 g/mol. The first kappa shape index (κ1) is 9.09.